The van der Waals surface area contributed by atoms with Crippen molar-refractivity contribution in [3.63, 3.8) is 0 Å². The first kappa shape index (κ1) is 10.4. The van der Waals surface area contributed by atoms with Crippen LogP contribution in [0.2, 0.25) is 0 Å². The van der Waals surface area contributed by atoms with E-state index in [9.17, 15) is 0 Å². The molecule has 2 aliphatic rings. The maximum absolute atomic E-state index is 3.36. The molecule has 0 unspecified atom stereocenters. The maximum atomic E-state index is 3.36. The van der Waals surface area contributed by atoms with Gasteiger partial charge in [0.2, 0.25) is 0 Å². The van der Waals surface area contributed by atoms with Crippen LogP contribution >= 0.6 is 0 Å². The molecule has 2 rings (SSSR count). The van der Waals surface area contributed by atoms with Crippen molar-refractivity contribution in [1.82, 2.24) is 10.2 Å². The van der Waals surface area contributed by atoms with Crippen molar-refractivity contribution in [2.45, 2.75) is 51.1 Å². The number of rotatable bonds is 3. The minimum Gasteiger partial charge on any atom is -0.317 e. The van der Waals surface area contributed by atoms with Gasteiger partial charge in [0.1, 0.15) is 0 Å². The number of nitrogens with one attached hydrogen (secondary N) is 1. The molecule has 2 nitrogen and oxygen atoms in total. The summed E-state index contributed by atoms with van der Waals surface area (Å²) in [5.74, 6) is 1.02. The average Bonchev–Trinajstić information content (AvgIpc) is 2.17. The molecule has 1 saturated carbocycles. The minimum atomic E-state index is 0.809. The Morgan fingerprint density at radius 3 is 2.36 bits per heavy atom. The second kappa shape index (κ2) is 4.63. The molecular weight excluding hydrogens is 172 g/mol. The van der Waals surface area contributed by atoms with Gasteiger partial charge in [-0.15, -0.1) is 0 Å². The van der Waals surface area contributed by atoms with Crippen molar-refractivity contribution in [3.05, 3.63) is 0 Å². The number of hydrogen-bond acceptors (Lipinski definition) is 2. The van der Waals surface area contributed by atoms with Crippen LogP contribution in [0.25, 0.3) is 0 Å². The maximum Gasteiger partial charge on any atom is 0.0125 e. The van der Waals surface area contributed by atoms with Gasteiger partial charge in [-0.1, -0.05) is 13.3 Å². The standard InChI is InChI=1S/C12H24N2/c1-3-10-4-6-14(7-5-10)12-8-11(9-12)13-2/h10-13H,3-9H2,1-2H3. The lowest BCUT2D eigenvalue weighted by Gasteiger charge is -2.45. The summed E-state index contributed by atoms with van der Waals surface area (Å²) in [5.41, 5.74) is 0. The van der Waals surface area contributed by atoms with E-state index in [0.29, 0.717) is 0 Å². The molecule has 2 heteroatoms. The first-order chi connectivity index (χ1) is 6.83. The quantitative estimate of drug-likeness (QED) is 0.741. The molecule has 0 aromatic rings. The topological polar surface area (TPSA) is 15.3 Å². The van der Waals surface area contributed by atoms with Gasteiger partial charge in [-0.3, -0.25) is 0 Å². The van der Waals surface area contributed by atoms with Crippen LogP contribution in [-0.4, -0.2) is 37.1 Å². The smallest absolute Gasteiger partial charge is 0.0125 e. The molecule has 0 bridgehead atoms. The third kappa shape index (κ3) is 2.12. The summed E-state index contributed by atoms with van der Waals surface area (Å²) in [4.78, 5) is 2.72. The summed E-state index contributed by atoms with van der Waals surface area (Å²) >= 11 is 0. The van der Waals surface area contributed by atoms with Crippen LogP contribution in [0.5, 0.6) is 0 Å². The van der Waals surface area contributed by atoms with E-state index in [-0.39, 0.29) is 0 Å². The van der Waals surface area contributed by atoms with E-state index in [1.165, 1.54) is 45.2 Å². The largest absolute Gasteiger partial charge is 0.317 e. The van der Waals surface area contributed by atoms with Crippen LogP contribution in [0.1, 0.15) is 39.0 Å². The van der Waals surface area contributed by atoms with E-state index in [0.717, 1.165) is 18.0 Å². The summed E-state index contributed by atoms with van der Waals surface area (Å²) in [6.45, 7) is 5.06. The molecule has 14 heavy (non-hydrogen) atoms. The Kier molecular flexibility index (Phi) is 3.45. The van der Waals surface area contributed by atoms with Crippen molar-refractivity contribution < 1.29 is 0 Å². The molecule has 0 spiro atoms. The van der Waals surface area contributed by atoms with Crippen LogP contribution in [-0.2, 0) is 0 Å². The Morgan fingerprint density at radius 2 is 1.86 bits per heavy atom. The lowest BCUT2D eigenvalue weighted by atomic mass is 9.83. The molecule has 0 aromatic carbocycles. The second-order valence-corrected chi connectivity index (χ2v) is 5.00. The zero-order valence-corrected chi connectivity index (χ0v) is 9.63. The predicted octanol–water partition coefficient (Wildman–Crippen LogP) is 1.86. The number of nitrogens with zero attached hydrogens (tertiary/aromatic N) is 1. The Balaban J connectivity index is 1.69. The van der Waals surface area contributed by atoms with Crippen LogP contribution in [0.15, 0.2) is 0 Å². The monoisotopic (exact) mass is 196 g/mol. The van der Waals surface area contributed by atoms with Crippen molar-refractivity contribution >= 4 is 0 Å². The molecule has 1 aliphatic heterocycles. The Labute approximate surface area is 88.1 Å². The Morgan fingerprint density at radius 1 is 1.21 bits per heavy atom. The lowest BCUT2D eigenvalue weighted by molar-refractivity contribution is 0.0643. The highest BCUT2D eigenvalue weighted by molar-refractivity contribution is 4.92. The number of likely N-dealkylation sites (tertiary alicyclic amines) is 1. The van der Waals surface area contributed by atoms with E-state index >= 15 is 0 Å². The van der Waals surface area contributed by atoms with Crippen LogP contribution in [0, 0.1) is 5.92 Å². The van der Waals surface area contributed by atoms with Gasteiger partial charge in [0.25, 0.3) is 0 Å². The molecule has 0 radical (unpaired) electrons. The van der Waals surface area contributed by atoms with Gasteiger partial charge in [-0.25, -0.2) is 0 Å². The van der Waals surface area contributed by atoms with Gasteiger partial charge in [-0.2, -0.15) is 0 Å². The molecular formula is C12H24N2. The van der Waals surface area contributed by atoms with Gasteiger partial charge in [0.05, 0.1) is 0 Å². The second-order valence-electron chi connectivity index (χ2n) is 5.00. The molecule has 1 aliphatic carbocycles. The average molecular weight is 196 g/mol. The number of piperidine rings is 1. The third-order valence-corrected chi connectivity index (χ3v) is 4.26. The zero-order valence-electron chi connectivity index (χ0n) is 9.63. The SMILES string of the molecule is CCC1CCN(C2CC(NC)C2)CC1. The highest BCUT2D eigenvalue weighted by Crippen LogP contribution is 2.30. The summed E-state index contributed by atoms with van der Waals surface area (Å²) < 4.78 is 0. The first-order valence-corrected chi connectivity index (χ1v) is 6.24. The van der Waals surface area contributed by atoms with Gasteiger partial charge < -0.3 is 10.2 Å². The van der Waals surface area contributed by atoms with Gasteiger partial charge in [0.15, 0.2) is 0 Å². The van der Waals surface area contributed by atoms with Crippen molar-refractivity contribution in [1.29, 1.82) is 0 Å². The summed E-state index contributed by atoms with van der Waals surface area (Å²) in [6, 6.07) is 1.72. The molecule has 0 atom stereocenters. The van der Waals surface area contributed by atoms with E-state index in [1.807, 2.05) is 0 Å². The highest BCUT2D eigenvalue weighted by Gasteiger charge is 2.33. The first-order valence-electron chi connectivity index (χ1n) is 6.24. The molecule has 1 saturated heterocycles. The minimum absolute atomic E-state index is 0.809. The summed E-state index contributed by atoms with van der Waals surface area (Å²) in [7, 11) is 2.09. The predicted molar refractivity (Wildman–Crippen MR) is 60.5 cm³/mol. The number of hydrogen-bond donors (Lipinski definition) is 1. The molecule has 0 aromatic heterocycles. The third-order valence-electron chi connectivity index (χ3n) is 4.26. The van der Waals surface area contributed by atoms with Gasteiger partial charge >= 0.3 is 0 Å². The molecule has 82 valence electrons. The van der Waals surface area contributed by atoms with Crippen LogP contribution < -0.4 is 5.32 Å². The van der Waals surface area contributed by atoms with Crippen LogP contribution in [0.3, 0.4) is 0 Å². The fourth-order valence-electron chi connectivity index (χ4n) is 2.85. The summed E-state index contributed by atoms with van der Waals surface area (Å²) in [6.07, 6.45) is 7.03. The fourth-order valence-corrected chi connectivity index (χ4v) is 2.85. The Bertz CT molecular complexity index is 167. The summed E-state index contributed by atoms with van der Waals surface area (Å²) in [5, 5.41) is 3.36. The molecule has 1 heterocycles. The van der Waals surface area contributed by atoms with Crippen molar-refractivity contribution in [3.8, 4) is 0 Å². The molecule has 1 N–H and O–H groups in total. The fraction of sp³-hybridized carbons (Fsp3) is 1.00. The van der Waals surface area contributed by atoms with Crippen molar-refractivity contribution in [2.24, 2.45) is 5.92 Å². The molecule has 0 amide bonds. The van der Waals surface area contributed by atoms with Crippen molar-refractivity contribution in [2.75, 3.05) is 20.1 Å². The van der Waals surface area contributed by atoms with Crippen LogP contribution in [0.4, 0.5) is 0 Å². The van der Waals surface area contributed by atoms with Gasteiger partial charge in [0, 0.05) is 12.1 Å². The van der Waals surface area contributed by atoms with Gasteiger partial charge in [-0.05, 0) is 51.7 Å². The zero-order chi connectivity index (χ0) is 9.97. The van der Waals surface area contributed by atoms with E-state index in [4.69, 9.17) is 0 Å². The normalized spacial score (nSPS) is 35.6. The van der Waals surface area contributed by atoms with E-state index in [2.05, 4.69) is 24.2 Å². The lowest BCUT2D eigenvalue weighted by Crippen LogP contribution is -2.53. The Hall–Kier alpha value is -0.0800. The van der Waals surface area contributed by atoms with E-state index < -0.39 is 0 Å². The van der Waals surface area contributed by atoms with E-state index in [1.54, 1.807) is 0 Å². The molecule has 2 fully saturated rings. The highest BCUT2D eigenvalue weighted by atomic mass is 15.2.